The summed E-state index contributed by atoms with van der Waals surface area (Å²) in [5.41, 5.74) is 1.28. The molecule has 4 nitrogen and oxygen atoms in total. The number of likely N-dealkylation sites (N-methyl/N-ethyl adjacent to an activating group) is 1. The van der Waals surface area contributed by atoms with Crippen LogP contribution in [0, 0.1) is 0 Å². The molecule has 1 aromatic rings. The third-order valence-corrected chi connectivity index (χ3v) is 3.46. The molecule has 1 unspecified atom stereocenters. The van der Waals surface area contributed by atoms with Crippen molar-refractivity contribution in [3.63, 3.8) is 0 Å². The fourth-order valence-electron chi connectivity index (χ4n) is 2.23. The average molecular weight is 252 g/mol. The second-order valence-electron chi connectivity index (χ2n) is 5.34. The Morgan fingerprint density at radius 3 is 3.00 bits per heavy atom. The fraction of sp³-hybridized carbons (Fsp3) is 0.714. The second kappa shape index (κ2) is 6.36. The molecular weight excluding hydrogens is 228 g/mol. The maximum Gasteiger partial charge on any atom is 0.122 e. The Bertz CT molecular complexity index is 356. The standard InChI is InChI=1S/C14H24N2O2/c1-11(2)15-8-14-12(4-7-18-14)9-16(3)13-5-6-17-10-13/h4,7,11,13,15H,5-6,8-10H2,1-3H3. The molecule has 1 aromatic heterocycles. The summed E-state index contributed by atoms with van der Waals surface area (Å²) in [5.74, 6) is 1.05. The first-order valence-corrected chi connectivity index (χ1v) is 6.73. The van der Waals surface area contributed by atoms with Crippen molar-refractivity contribution in [2.45, 2.75) is 45.4 Å². The van der Waals surface area contributed by atoms with Gasteiger partial charge in [0.25, 0.3) is 0 Å². The van der Waals surface area contributed by atoms with Gasteiger partial charge in [-0.25, -0.2) is 0 Å². The number of furan rings is 1. The van der Waals surface area contributed by atoms with E-state index < -0.39 is 0 Å². The molecule has 0 saturated carbocycles. The maximum atomic E-state index is 5.56. The lowest BCUT2D eigenvalue weighted by molar-refractivity contribution is 0.156. The molecule has 0 bridgehead atoms. The van der Waals surface area contributed by atoms with Crippen molar-refractivity contribution in [1.29, 1.82) is 0 Å². The first kappa shape index (κ1) is 13.6. The summed E-state index contributed by atoms with van der Waals surface area (Å²) in [5, 5.41) is 3.39. The SMILES string of the molecule is CC(C)NCc1occc1CN(C)C1CCOC1. The van der Waals surface area contributed by atoms with Crippen molar-refractivity contribution < 1.29 is 9.15 Å². The highest BCUT2D eigenvalue weighted by Crippen LogP contribution is 2.17. The van der Waals surface area contributed by atoms with E-state index in [0.29, 0.717) is 12.1 Å². The molecule has 4 heteroatoms. The van der Waals surface area contributed by atoms with Gasteiger partial charge in [-0.1, -0.05) is 13.8 Å². The molecule has 0 aliphatic carbocycles. The van der Waals surface area contributed by atoms with Crippen LogP contribution in [-0.4, -0.2) is 37.2 Å². The van der Waals surface area contributed by atoms with Crippen LogP contribution in [0.1, 0.15) is 31.6 Å². The fourth-order valence-corrected chi connectivity index (χ4v) is 2.23. The zero-order valence-electron chi connectivity index (χ0n) is 11.6. The molecule has 0 radical (unpaired) electrons. The minimum absolute atomic E-state index is 0.476. The summed E-state index contributed by atoms with van der Waals surface area (Å²) in [7, 11) is 2.16. The number of rotatable bonds is 6. The molecule has 1 atom stereocenters. The van der Waals surface area contributed by atoms with Gasteiger partial charge in [0.1, 0.15) is 5.76 Å². The number of nitrogens with zero attached hydrogens (tertiary/aromatic N) is 1. The third-order valence-electron chi connectivity index (χ3n) is 3.46. The highest BCUT2D eigenvalue weighted by atomic mass is 16.5. The van der Waals surface area contributed by atoms with Crippen molar-refractivity contribution >= 4 is 0 Å². The van der Waals surface area contributed by atoms with Crippen LogP contribution in [0.5, 0.6) is 0 Å². The van der Waals surface area contributed by atoms with Crippen LogP contribution < -0.4 is 5.32 Å². The van der Waals surface area contributed by atoms with Gasteiger partial charge in [0, 0.05) is 30.8 Å². The highest BCUT2D eigenvalue weighted by Gasteiger charge is 2.21. The molecule has 1 saturated heterocycles. The predicted molar refractivity (Wildman–Crippen MR) is 71.4 cm³/mol. The van der Waals surface area contributed by atoms with Crippen LogP contribution in [0.2, 0.25) is 0 Å². The van der Waals surface area contributed by atoms with Gasteiger partial charge in [-0.15, -0.1) is 0 Å². The van der Waals surface area contributed by atoms with E-state index in [9.17, 15) is 0 Å². The smallest absolute Gasteiger partial charge is 0.122 e. The number of nitrogens with one attached hydrogen (secondary N) is 1. The van der Waals surface area contributed by atoms with Crippen molar-refractivity contribution in [3.8, 4) is 0 Å². The van der Waals surface area contributed by atoms with Gasteiger partial charge in [0.2, 0.25) is 0 Å². The van der Waals surface area contributed by atoms with E-state index in [4.69, 9.17) is 9.15 Å². The minimum atomic E-state index is 0.476. The van der Waals surface area contributed by atoms with Crippen molar-refractivity contribution in [3.05, 3.63) is 23.7 Å². The summed E-state index contributed by atoms with van der Waals surface area (Å²) in [4.78, 5) is 2.36. The Hall–Kier alpha value is -0.840. The van der Waals surface area contributed by atoms with Crippen LogP contribution >= 0.6 is 0 Å². The van der Waals surface area contributed by atoms with Gasteiger partial charge >= 0.3 is 0 Å². The highest BCUT2D eigenvalue weighted by molar-refractivity contribution is 5.17. The van der Waals surface area contributed by atoms with Crippen LogP contribution in [-0.2, 0) is 17.8 Å². The number of hydrogen-bond donors (Lipinski definition) is 1. The normalized spacial score (nSPS) is 20.2. The van der Waals surface area contributed by atoms with Crippen LogP contribution in [0.4, 0.5) is 0 Å². The molecule has 0 amide bonds. The van der Waals surface area contributed by atoms with E-state index in [0.717, 1.165) is 38.5 Å². The van der Waals surface area contributed by atoms with E-state index >= 15 is 0 Å². The molecule has 1 N–H and O–H groups in total. The van der Waals surface area contributed by atoms with Crippen LogP contribution in [0.25, 0.3) is 0 Å². The van der Waals surface area contributed by atoms with Crippen LogP contribution in [0.15, 0.2) is 16.7 Å². The molecule has 2 heterocycles. The molecule has 2 rings (SSSR count). The summed E-state index contributed by atoms with van der Waals surface area (Å²) < 4.78 is 11.0. The Labute approximate surface area is 109 Å². The van der Waals surface area contributed by atoms with Gasteiger partial charge in [0.15, 0.2) is 0 Å². The molecule has 1 aliphatic heterocycles. The van der Waals surface area contributed by atoms with E-state index in [-0.39, 0.29) is 0 Å². The Balaban J connectivity index is 1.90. The number of hydrogen-bond acceptors (Lipinski definition) is 4. The van der Waals surface area contributed by atoms with Crippen molar-refractivity contribution in [2.75, 3.05) is 20.3 Å². The number of ether oxygens (including phenoxy) is 1. The summed E-state index contributed by atoms with van der Waals surface area (Å²) >= 11 is 0. The van der Waals surface area contributed by atoms with E-state index in [1.807, 2.05) is 0 Å². The lowest BCUT2D eigenvalue weighted by atomic mass is 10.2. The molecule has 1 aliphatic rings. The molecule has 102 valence electrons. The topological polar surface area (TPSA) is 37.6 Å². The first-order chi connectivity index (χ1) is 8.66. The van der Waals surface area contributed by atoms with Gasteiger partial charge in [-0.05, 0) is 19.5 Å². The molecule has 18 heavy (non-hydrogen) atoms. The quantitative estimate of drug-likeness (QED) is 0.840. The summed E-state index contributed by atoms with van der Waals surface area (Å²) in [6, 6.07) is 3.10. The Morgan fingerprint density at radius 1 is 1.50 bits per heavy atom. The van der Waals surface area contributed by atoms with Gasteiger partial charge in [-0.3, -0.25) is 4.90 Å². The monoisotopic (exact) mass is 252 g/mol. The van der Waals surface area contributed by atoms with E-state index in [2.05, 4.69) is 37.2 Å². The van der Waals surface area contributed by atoms with Gasteiger partial charge in [0.05, 0.1) is 19.4 Å². The van der Waals surface area contributed by atoms with E-state index in [1.165, 1.54) is 5.56 Å². The van der Waals surface area contributed by atoms with Gasteiger partial charge in [-0.2, -0.15) is 0 Å². The minimum Gasteiger partial charge on any atom is -0.468 e. The maximum absolute atomic E-state index is 5.56. The summed E-state index contributed by atoms with van der Waals surface area (Å²) in [6.07, 6.45) is 2.92. The Morgan fingerprint density at radius 2 is 2.33 bits per heavy atom. The lowest BCUT2D eigenvalue weighted by Gasteiger charge is -2.22. The van der Waals surface area contributed by atoms with Crippen LogP contribution in [0.3, 0.4) is 0 Å². The largest absolute Gasteiger partial charge is 0.468 e. The van der Waals surface area contributed by atoms with Crippen molar-refractivity contribution in [1.82, 2.24) is 10.2 Å². The molecule has 1 fully saturated rings. The molecule has 0 aromatic carbocycles. The summed E-state index contributed by atoms with van der Waals surface area (Å²) in [6.45, 7) is 7.76. The molecular formula is C14H24N2O2. The Kier molecular flexibility index (Phi) is 4.80. The van der Waals surface area contributed by atoms with Gasteiger partial charge < -0.3 is 14.5 Å². The zero-order valence-corrected chi connectivity index (χ0v) is 11.6. The first-order valence-electron chi connectivity index (χ1n) is 6.73. The third kappa shape index (κ3) is 3.57. The van der Waals surface area contributed by atoms with Crippen molar-refractivity contribution in [2.24, 2.45) is 0 Å². The van der Waals surface area contributed by atoms with E-state index in [1.54, 1.807) is 6.26 Å². The predicted octanol–water partition coefficient (Wildman–Crippen LogP) is 2.00. The lowest BCUT2D eigenvalue weighted by Crippen LogP contribution is -2.31. The molecule has 0 spiro atoms. The second-order valence-corrected chi connectivity index (χ2v) is 5.34. The average Bonchev–Trinajstić information content (AvgIpc) is 2.97. The zero-order chi connectivity index (χ0) is 13.0.